The number of anilines is 2. The molecule has 4 aromatic rings. The van der Waals surface area contributed by atoms with Gasteiger partial charge in [0.15, 0.2) is 5.82 Å². The highest BCUT2D eigenvalue weighted by atomic mass is 19.1. The van der Waals surface area contributed by atoms with Gasteiger partial charge in [0.25, 0.3) is 0 Å². The molecule has 7 heteroatoms. The van der Waals surface area contributed by atoms with E-state index in [1.807, 2.05) is 38.1 Å². The number of nitrogens with zero attached hydrogens (tertiary/aromatic N) is 3. The number of nitrogens with one attached hydrogen (secondary N) is 2. The molecule has 0 spiro atoms. The van der Waals surface area contributed by atoms with Crippen molar-refractivity contribution in [2.24, 2.45) is 0 Å². The number of rotatable bonds is 4. The fraction of sp³-hybridized carbons (Fsp3) is 0.100. The van der Waals surface area contributed by atoms with Crippen LogP contribution in [0.4, 0.5) is 16.0 Å². The minimum atomic E-state index is -0.405. The van der Waals surface area contributed by atoms with Crippen molar-refractivity contribution in [1.82, 2.24) is 20.2 Å². The molecular formula is C20H16FN5O. The molecule has 0 aliphatic rings. The average molecular weight is 361 g/mol. The summed E-state index contributed by atoms with van der Waals surface area (Å²) in [7, 11) is 0. The van der Waals surface area contributed by atoms with E-state index in [4.69, 9.17) is 0 Å². The van der Waals surface area contributed by atoms with Gasteiger partial charge in [-0.15, -0.1) is 0 Å². The molecule has 4 rings (SSSR count). The third kappa shape index (κ3) is 3.27. The number of carbonyl (C=O) groups excluding carboxylic acids is 1. The van der Waals surface area contributed by atoms with Gasteiger partial charge in [-0.05, 0) is 49.7 Å². The number of aromatic nitrogens is 4. The van der Waals surface area contributed by atoms with Crippen LogP contribution in [0.25, 0.3) is 10.9 Å². The van der Waals surface area contributed by atoms with Crippen molar-refractivity contribution in [3.8, 4) is 0 Å². The second-order valence-electron chi connectivity index (χ2n) is 6.26. The van der Waals surface area contributed by atoms with Crippen LogP contribution in [0.5, 0.6) is 0 Å². The summed E-state index contributed by atoms with van der Waals surface area (Å²) in [6, 6.07) is 12.9. The number of benzene rings is 2. The number of halogens is 1. The van der Waals surface area contributed by atoms with Crippen LogP contribution in [0, 0.1) is 19.7 Å². The molecule has 2 aromatic heterocycles. The molecule has 0 radical (unpaired) electrons. The first-order valence-corrected chi connectivity index (χ1v) is 8.38. The molecular weight excluding hydrogens is 345 g/mol. The van der Waals surface area contributed by atoms with Crippen molar-refractivity contribution in [2.45, 2.75) is 13.8 Å². The largest absolute Gasteiger partial charge is 0.323 e. The van der Waals surface area contributed by atoms with Crippen LogP contribution in [-0.2, 0) is 0 Å². The topological polar surface area (TPSA) is 83.6 Å². The zero-order valence-electron chi connectivity index (χ0n) is 14.7. The fourth-order valence-electron chi connectivity index (χ4n) is 2.83. The number of aryl methyl sites for hydroxylation is 2. The van der Waals surface area contributed by atoms with Crippen LogP contribution in [-0.4, -0.2) is 25.9 Å². The number of carbonyl (C=O) groups is 1. The SMILES string of the molecule is Cc1cc(Nc2nc(C(=O)c3ccc(F)cc3)nc3c(C)cccc23)n[nH]1. The summed E-state index contributed by atoms with van der Waals surface area (Å²) in [6.45, 7) is 3.81. The molecule has 2 heterocycles. The van der Waals surface area contributed by atoms with E-state index >= 15 is 0 Å². The van der Waals surface area contributed by atoms with E-state index < -0.39 is 5.82 Å². The number of H-pyrrole nitrogens is 1. The molecule has 6 nitrogen and oxygen atoms in total. The molecule has 2 aromatic carbocycles. The lowest BCUT2D eigenvalue weighted by molar-refractivity contribution is 0.103. The summed E-state index contributed by atoms with van der Waals surface area (Å²) in [5.41, 5.74) is 2.82. The highest BCUT2D eigenvalue weighted by Gasteiger charge is 2.17. The molecule has 0 unspecified atom stereocenters. The second-order valence-corrected chi connectivity index (χ2v) is 6.26. The van der Waals surface area contributed by atoms with Gasteiger partial charge in [-0.25, -0.2) is 14.4 Å². The Hall–Kier alpha value is -3.61. The fourth-order valence-corrected chi connectivity index (χ4v) is 2.83. The van der Waals surface area contributed by atoms with Gasteiger partial charge in [0, 0.05) is 22.7 Å². The third-order valence-electron chi connectivity index (χ3n) is 4.19. The standard InChI is InChI=1S/C20H16FN5O/c1-11-4-3-5-15-17(11)23-20(18(27)13-6-8-14(21)9-7-13)24-19(15)22-16-10-12(2)25-26-16/h3-10H,1-2H3,(H2,22,23,24,25,26). The van der Waals surface area contributed by atoms with Gasteiger partial charge in [-0.3, -0.25) is 9.89 Å². The van der Waals surface area contributed by atoms with Gasteiger partial charge >= 0.3 is 0 Å². The van der Waals surface area contributed by atoms with Gasteiger partial charge in [-0.1, -0.05) is 12.1 Å². The van der Waals surface area contributed by atoms with Crippen molar-refractivity contribution < 1.29 is 9.18 Å². The number of hydrogen-bond donors (Lipinski definition) is 2. The first kappa shape index (κ1) is 16.8. The molecule has 0 saturated carbocycles. The Kier molecular flexibility index (Phi) is 4.12. The zero-order chi connectivity index (χ0) is 19.0. The maximum Gasteiger partial charge on any atom is 0.230 e. The molecule has 134 valence electrons. The monoisotopic (exact) mass is 361 g/mol. The van der Waals surface area contributed by atoms with Gasteiger partial charge in [-0.2, -0.15) is 5.10 Å². The van der Waals surface area contributed by atoms with E-state index in [2.05, 4.69) is 25.5 Å². The minimum absolute atomic E-state index is 0.0400. The lowest BCUT2D eigenvalue weighted by atomic mass is 10.1. The molecule has 0 amide bonds. The number of hydrogen-bond acceptors (Lipinski definition) is 5. The van der Waals surface area contributed by atoms with E-state index in [9.17, 15) is 9.18 Å². The van der Waals surface area contributed by atoms with Crippen LogP contribution in [0.1, 0.15) is 27.4 Å². The van der Waals surface area contributed by atoms with Crippen LogP contribution in [0.3, 0.4) is 0 Å². The van der Waals surface area contributed by atoms with Crippen LogP contribution >= 0.6 is 0 Å². The molecule has 0 fully saturated rings. The van der Waals surface area contributed by atoms with E-state index in [1.165, 1.54) is 24.3 Å². The Bertz CT molecular complexity index is 1150. The van der Waals surface area contributed by atoms with Gasteiger partial charge < -0.3 is 5.32 Å². The molecule has 27 heavy (non-hydrogen) atoms. The van der Waals surface area contributed by atoms with Crippen molar-refractivity contribution in [3.63, 3.8) is 0 Å². The number of aromatic amines is 1. The second kappa shape index (κ2) is 6.60. The van der Waals surface area contributed by atoms with Gasteiger partial charge in [0.1, 0.15) is 11.6 Å². The van der Waals surface area contributed by atoms with Gasteiger partial charge in [0.2, 0.25) is 11.6 Å². The molecule has 0 bridgehead atoms. The quantitative estimate of drug-likeness (QED) is 0.535. The van der Waals surface area contributed by atoms with E-state index in [0.717, 1.165) is 16.6 Å². The molecule has 0 aliphatic heterocycles. The van der Waals surface area contributed by atoms with Crippen molar-refractivity contribution >= 4 is 28.3 Å². The zero-order valence-corrected chi connectivity index (χ0v) is 14.7. The summed E-state index contributed by atoms with van der Waals surface area (Å²) >= 11 is 0. The first-order chi connectivity index (χ1) is 13.0. The van der Waals surface area contributed by atoms with Crippen molar-refractivity contribution in [1.29, 1.82) is 0 Å². The van der Waals surface area contributed by atoms with E-state index in [-0.39, 0.29) is 11.6 Å². The summed E-state index contributed by atoms with van der Waals surface area (Å²) < 4.78 is 13.2. The highest BCUT2D eigenvalue weighted by Crippen LogP contribution is 2.26. The number of ketones is 1. The molecule has 2 N–H and O–H groups in total. The molecule has 0 atom stereocenters. The lowest BCUT2D eigenvalue weighted by Crippen LogP contribution is -2.10. The predicted molar refractivity (Wildman–Crippen MR) is 101 cm³/mol. The summed E-state index contributed by atoms with van der Waals surface area (Å²) in [6.07, 6.45) is 0. The first-order valence-electron chi connectivity index (χ1n) is 8.38. The Morgan fingerprint density at radius 1 is 1.07 bits per heavy atom. The summed E-state index contributed by atoms with van der Waals surface area (Å²) in [4.78, 5) is 21.7. The number of fused-ring (bicyclic) bond motifs is 1. The Labute approximate surface area is 154 Å². The number of para-hydroxylation sites is 1. The molecule has 0 saturated heterocycles. The minimum Gasteiger partial charge on any atom is -0.323 e. The van der Waals surface area contributed by atoms with Gasteiger partial charge in [0.05, 0.1) is 5.52 Å². The summed E-state index contributed by atoms with van der Waals surface area (Å²) in [5.74, 6) is 0.340. The Morgan fingerprint density at radius 3 is 2.56 bits per heavy atom. The summed E-state index contributed by atoms with van der Waals surface area (Å²) in [5, 5.41) is 10.9. The normalized spacial score (nSPS) is 10.9. The van der Waals surface area contributed by atoms with Crippen molar-refractivity contribution in [3.05, 3.63) is 77.0 Å². The maximum absolute atomic E-state index is 13.2. The molecule has 0 aliphatic carbocycles. The van der Waals surface area contributed by atoms with Crippen molar-refractivity contribution in [2.75, 3.05) is 5.32 Å². The third-order valence-corrected chi connectivity index (χ3v) is 4.19. The Balaban J connectivity index is 1.84. The maximum atomic E-state index is 13.2. The lowest BCUT2D eigenvalue weighted by Gasteiger charge is -2.10. The van der Waals surface area contributed by atoms with Crippen LogP contribution in [0.15, 0.2) is 48.5 Å². The van der Waals surface area contributed by atoms with Crippen LogP contribution in [0.2, 0.25) is 0 Å². The average Bonchev–Trinajstić information content (AvgIpc) is 3.07. The van der Waals surface area contributed by atoms with E-state index in [0.29, 0.717) is 22.7 Å². The predicted octanol–water partition coefficient (Wildman–Crippen LogP) is 4.08. The Morgan fingerprint density at radius 2 is 1.85 bits per heavy atom. The smallest absolute Gasteiger partial charge is 0.230 e. The van der Waals surface area contributed by atoms with Crippen LogP contribution < -0.4 is 5.32 Å². The highest BCUT2D eigenvalue weighted by molar-refractivity contribution is 6.08. The van der Waals surface area contributed by atoms with E-state index in [1.54, 1.807) is 0 Å².